The van der Waals surface area contributed by atoms with Gasteiger partial charge >= 0.3 is 0 Å². The number of hydrogen-bond acceptors (Lipinski definition) is 4. The summed E-state index contributed by atoms with van der Waals surface area (Å²) in [5, 5.41) is 5.87. The van der Waals surface area contributed by atoms with Crippen molar-refractivity contribution < 1.29 is 0 Å². The molecule has 4 fully saturated rings. The van der Waals surface area contributed by atoms with Crippen molar-refractivity contribution in [3.63, 3.8) is 0 Å². The van der Waals surface area contributed by atoms with Crippen LogP contribution in [-0.4, -0.2) is 70.6 Å². The summed E-state index contributed by atoms with van der Waals surface area (Å²) in [6, 6.07) is 3.34. The second-order valence-electron chi connectivity index (χ2n) is 9.31. The predicted molar refractivity (Wildman–Crippen MR) is 114 cm³/mol. The van der Waals surface area contributed by atoms with Crippen molar-refractivity contribution in [1.29, 1.82) is 0 Å². The average Bonchev–Trinajstić information content (AvgIpc) is 3.20. The zero-order chi connectivity index (χ0) is 17.9. The third kappa shape index (κ3) is 4.29. The highest BCUT2D eigenvalue weighted by atomic mass is 32.2. The molecule has 4 aliphatic rings. The molecule has 2 aliphatic heterocycles. The largest absolute Gasteiger partial charge is 0.309 e. The molecule has 150 valence electrons. The molecule has 2 aliphatic carbocycles. The van der Waals surface area contributed by atoms with Crippen LogP contribution in [0, 0.1) is 0 Å². The fourth-order valence-corrected chi connectivity index (χ4v) is 8.14. The third-order valence-corrected chi connectivity index (χ3v) is 9.24. The SMILES string of the molecule is CCCN(CCC)C1CCC2NC3CCC(N4CCCC4)CC3SC2C1. The summed E-state index contributed by atoms with van der Waals surface area (Å²) < 4.78 is 0. The minimum absolute atomic E-state index is 0.797. The van der Waals surface area contributed by atoms with Gasteiger partial charge in [-0.2, -0.15) is 11.8 Å². The highest BCUT2D eigenvalue weighted by Crippen LogP contribution is 2.43. The lowest BCUT2D eigenvalue weighted by molar-refractivity contribution is 0.129. The van der Waals surface area contributed by atoms with Crippen molar-refractivity contribution in [3.05, 3.63) is 0 Å². The number of rotatable bonds is 6. The number of nitrogens with zero attached hydrogens (tertiary/aromatic N) is 2. The van der Waals surface area contributed by atoms with E-state index in [4.69, 9.17) is 0 Å². The second-order valence-corrected chi connectivity index (χ2v) is 10.8. The highest BCUT2D eigenvalue weighted by Gasteiger charge is 2.44. The van der Waals surface area contributed by atoms with Crippen LogP contribution in [0.3, 0.4) is 0 Å². The van der Waals surface area contributed by atoms with Crippen molar-refractivity contribution >= 4 is 11.8 Å². The van der Waals surface area contributed by atoms with Crippen LogP contribution in [0.5, 0.6) is 0 Å². The van der Waals surface area contributed by atoms with Crippen molar-refractivity contribution in [3.8, 4) is 0 Å². The minimum Gasteiger partial charge on any atom is -0.309 e. The zero-order valence-corrected chi connectivity index (χ0v) is 18.0. The van der Waals surface area contributed by atoms with Crippen LogP contribution < -0.4 is 5.32 Å². The summed E-state index contributed by atoms with van der Waals surface area (Å²) in [7, 11) is 0. The predicted octanol–water partition coefficient (Wildman–Crippen LogP) is 4.12. The molecule has 0 radical (unpaired) electrons. The first-order valence-corrected chi connectivity index (χ1v) is 12.6. The van der Waals surface area contributed by atoms with E-state index in [0.717, 1.165) is 34.7 Å². The molecule has 0 aromatic heterocycles. The number of hydrogen-bond donors (Lipinski definition) is 1. The fourth-order valence-electron chi connectivity index (χ4n) is 6.22. The molecule has 2 heterocycles. The van der Waals surface area contributed by atoms with Crippen molar-refractivity contribution in [2.24, 2.45) is 0 Å². The van der Waals surface area contributed by atoms with Crippen molar-refractivity contribution in [2.45, 2.75) is 113 Å². The van der Waals surface area contributed by atoms with E-state index in [1.54, 1.807) is 0 Å². The Labute approximate surface area is 166 Å². The van der Waals surface area contributed by atoms with E-state index in [0.29, 0.717) is 0 Å². The second kappa shape index (κ2) is 9.15. The normalized spacial score (nSPS) is 41.2. The van der Waals surface area contributed by atoms with Gasteiger partial charge in [0.15, 0.2) is 0 Å². The summed E-state index contributed by atoms with van der Waals surface area (Å²) in [6.45, 7) is 10.0. The van der Waals surface area contributed by atoms with Gasteiger partial charge in [-0.1, -0.05) is 13.8 Å². The van der Waals surface area contributed by atoms with Crippen LogP contribution in [0.1, 0.15) is 78.1 Å². The summed E-state index contributed by atoms with van der Waals surface area (Å²) >= 11 is 2.40. The molecule has 4 rings (SSSR count). The molecular weight excluding hydrogens is 338 g/mol. The smallest absolute Gasteiger partial charge is 0.0219 e. The van der Waals surface area contributed by atoms with Crippen LogP contribution in [-0.2, 0) is 0 Å². The minimum atomic E-state index is 0.797. The Morgan fingerprint density at radius 2 is 1.54 bits per heavy atom. The van der Waals surface area contributed by atoms with Crippen LogP contribution in [0.4, 0.5) is 0 Å². The molecule has 2 saturated heterocycles. The Morgan fingerprint density at radius 1 is 0.885 bits per heavy atom. The lowest BCUT2D eigenvalue weighted by Gasteiger charge is -2.51. The van der Waals surface area contributed by atoms with Crippen LogP contribution in [0.25, 0.3) is 0 Å². The Morgan fingerprint density at radius 3 is 2.23 bits per heavy atom. The molecule has 6 unspecified atom stereocenters. The van der Waals surface area contributed by atoms with Crippen molar-refractivity contribution in [1.82, 2.24) is 15.1 Å². The topological polar surface area (TPSA) is 18.5 Å². The van der Waals surface area contributed by atoms with E-state index < -0.39 is 0 Å². The van der Waals surface area contributed by atoms with Gasteiger partial charge in [0, 0.05) is 34.7 Å². The van der Waals surface area contributed by atoms with Crippen molar-refractivity contribution in [2.75, 3.05) is 26.2 Å². The van der Waals surface area contributed by atoms with E-state index in [2.05, 4.69) is 40.7 Å². The molecule has 0 aromatic carbocycles. The van der Waals surface area contributed by atoms with Gasteiger partial charge in [-0.15, -0.1) is 0 Å². The lowest BCUT2D eigenvalue weighted by atomic mass is 9.85. The number of likely N-dealkylation sites (tertiary alicyclic amines) is 1. The maximum absolute atomic E-state index is 4.13. The van der Waals surface area contributed by atoms with E-state index in [9.17, 15) is 0 Å². The Balaban J connectivity index is 1.35. The lowest BCUT2D eigenvalue weighted by Crippen LogP contribution is -2.60. The first kappa shape index (κ1) is 19.5. The summed E-state index contributed by atoms with van der Waals surface area (Å²) in [5.41, 5.74) is 0. The molecule has 0 spiro atoms. The Bertz CT molecular complexity index is 433. The van der Waals surface area contributed by atoms with E-state index in [-0.39, 0.29) is 0 Å². The highest BCUT2D eigenvalue weighted by molar-refractivity contribution is 8.00. The molecule has 0 aromatic rings. The molecular formula is C22H41N3S. The average molecular weight is 380 g/mol. The third-order valence-electron chi connectivity index (χ3n) is 7.50. The number of fused-ring (bicyclic) bond motifs is 2. The van der Waals surface area contributed by atoms with E-state index in [1.807, 2.05) is 0 Å². The molecule has 3 nitrogen and oxygen atoms in total. The summed E-state index contributed by atoms with van der Waals surface area (Å²) in [4.78, 5) is 5.63. The molecule has 0 bridgehead atoms. The quantitative estimate of drug-likeness (QED) is 0.748. The summed E-state index contributed by atoms with van der Waals surface area (Å²) in [5.74, 6) is 0. The monoisotopic (exact) mass is 379 g/mol. The molecule has 1 N–H and O–H groups in total. The van der Waals surface area contributed by atoms with Crippen LogP contribution in [0.15, 0.2) is 0 Å². The van der Waals surface area contributed by atoms with Gasteiger partial charge < -0.3 is 15.1 Å². The molecule has 4 heteroatoms. The molecule has 0 amide bonds. The van der Waals surface area contributed by atoms with Gasteiger partial charge in [-0.05, 0) is 90.4 Å². The van der Waals surface area contributed by atoms with E-state index >= 15 is 0 Å². The van der Waals surface area contributed by atoms with Gasteiger partial charge in [-0.3, -0.25) is 0 Å². The van der Waals surface area contributed by atoms with Gasteiger partial charge in [0.2, 0.25) is 0 Å². The van der Waals surface area contributed by atoms with Crippen LogP contribution in [0.2, 0.25) is 0 Å². The first-order chi connectivity index (χ1) is 12.8. The maximum atomic E-state index is 4.13. The fraction of sp³-hybridized carbons (Fsp3) is 1.00. The molecule has 26 heavy (non-hydrogen) atoms. The molecule has 6 atom stereocenters. The van der Waals surface area contributed by atoms with Gasteiger partial charge in [0.25, 0.3) is 0 Å². The number of nitrogens with one attached hydrogen (secondary N) is 1. The first-order valence-electron chi connectivity index (χ1n) is 11.7. The molecule has 2 saturated carbocycles. The van der Waals surface area contributed by atoms with Gasteiger partial charge in [-0.25, -0.2) is 0 Å². The summed E-state index contributed by atoms with van der Waals surface area (Å²) in [6.07, 6.45) is 14.0. The Kier molecular flexibility index (Phi) is 6.88. The van der Waals surface area contributed by atoms with Gasteiger partial charge in [0.05, 0.1) is 0 Å². The zero-order valence-electron chi connectivity index (χ0n) is 17.2. The standard InChI is InChI=1S/C22H41N3S/c1-3-11-24(12-4-2)17-7-9-19-21(15-17)26-22-16-18(8-10-20(22)23-19)25-13-5-6-14-25/h17-23H,3-16H2,1-2H3. The Hall–Kier alpha value is 0.230. The van der Waals surface area contributed by atoms with Crippen LogP contribution >= 0.6 is 11.8 Å². The van der Waals surface area contributed by atoms with E-state index in [1.165, 1.54) is 90.4 Å². The van der Waals surface area contributed by atoms with Gasteiger partial charge in [0.1, 0.15) is 0 Å². The number of thioether (sulfide) groups is 1. The maximum Gasteiger partial charge on any atom is 0.0219 e.